The van der Waals surface area contributed by atoms with Crippen molar-refractivity contribution in [2.75, 3.05) is 25.0 Å². The molecule has 1 aromatic carbocycles. The van der Waals surface area contributed by atoms with Crippen LogP contribution in [-0.2, 0) is 6.18 Å². The number of carboxylic acid groups (broad SMARTS) is 1. The molecule has 0 unspecified atom stereocenters. The Balaban J connectivity index is 2.59. The minimum absolute atomic E-state index is 0.0435. The number of nitrogens with zero attached hydrogens (tertiary/aromatic N) is 3. The number of alkyl halides is 3. The molecular weight excluding hydrogens is 421 g/mol. The van der Waals surface area contributed by atoms with Gasteiger partial charge in [-0.2, -0.15) is 13.2 Å². The molecule has 0 aliphatic carbocycles. The predicted molar refractivity (Wildman–Crippen MR) is 106 cm³/mol. The van der Waals surface area contributed by atoms with Gasteiger partial charge in [-0.25, -0.2) is 4.79 Å². The van der Waals surface area contributed by atoms with Crippen molar-refractivity contribution in [2.45, 2.75) is 51.9 Å². The van der Waals surface area contributed by atoms with Crippen molar-refractivity contribution in [3.8, 4) is 0 Å². The van der Waals surface area contributed by atoms with Crippen LogP contribution >= 0.6 is 0 Å². The first kappa shape index (κ1) is 24.2. The molecule has 0 radical (unpaired) electrons. The van der Waals surface area contributed by atoms with E-state index in [2.05, 4.69) is 5.32 Å². The number of halogens is 3. The number of hydrogen-bond acceptors (Lipinski definition) is 5. The molecule has 1 saturated heterocycles. The van der Waals surface area contributed by atoms with Crippen LogP contribution in [0.2, 0.25) is 0 Å². The lowest BCUT2D eigenvalue weighted by molar-refractivity contribution is -0.384. The van der Waals surface area contributed by atoms with Gasteiger partial charge in [-0.15, -0.1) is 0 Å². The van der Waals surface area contributed by atoms with Crippen LogP contribution < -0.4 is 5.32 Å². The minimum Gasteiger partial charge on any atom is -0.465 e. The molecule has 0 spiro atoms. The SMILES string of the molecule is CCNc1cc(C(F)(F)F)c(C(=O)N(C(C)C)[C@@H]2CCCN(C(=O)O)C2)cc1[N+](=O)[O-]. The van der Waals surface area contributed by atoms with E-state index in [1.165, 1.54) is 4.90 Å². The highest BCUT2D eigenvalue weighted by atomic mass is 19.4. The van der Waals surface area contributed by atoms with E-state index < -0.39 is 52.0 Å². The monoisotopic (exact) mass is 446 g/mol. The van der Waals surface area contributed by atoms with Gasteiger partial charge in [0, 0.05) is 31.7 Å². The number of anilines is 1. The molecule has 1 atom stereocenters. The molecule has 0 bridgehead atoms. The summed E-state index contributed by atoms with van der Waals surface area (Å²) in [6.45, 7) is 5.16. The van der Waals surface area contributed by atoms with Crippen LogP contribution in [0.5, 0.6) is 0 Å². The van der Waals surface area contributed by atoms with E-state index >= 15 is 0 Å². The number of likely N-dealkylation sites (tertiary alicyclic amines) is 1. The van der Waals surface area contributed by atoms with Gasteiger partial charge in [0.15, 0.2) is 0 Å². The van der Waals surface area contributed by atoms with Crippen LogP contribution in [0.3, 0.4) is 0 Å². The van der Waals surface area contributed by atoms with E-state index in [4.69, 9.17) is 0 Å². The number of nitro benzene ring substituents is 1. The quantitative estimate of drug-likeness (QED) is 0.503. The Morgan fingerprint density at radius 1 is 1.39 bits per heavy atom. The number of rotatable bonds is 6. The number of carbonyl (C=O) groups excluding carboxylic acids is 1. The number of amides is 2. The standard InChI is InChI=1S/C19H25F3N4O5/c1-4-23-15-9-14(19(20,21)22)13(8-16(15)26(30)31)17(27)25(11(2)3)12-6-5-7-24(10-12)18(28)29/h8-9,11-12,23H,4-7,10H2,1-3H3,(H,28,29)/t12-/m1/s1. The predicted octanol–water partition coefficient (Wildman–Crippen LogP) is 4.04. The summed E-state index contributed by atoms with van der Waals surface area (Å²) in [7, 11) is 0. The van der Waals surface area contributed by atoms with Gasteiger partial charge in [0.2, 0.25) is 0 Å². The first-order valence-corrected chi connectivity index (χ1v) is 9.82. The van der Waals surface area contributed by atoms with E-state index in [9.17, 15) is 38.0 Å². The fourth-order valence-corrected chi connectivity index (χ4v) is 3.80. The summed E-state index contributed by atoms with van der Waals surface area (Å²) in [6, 6.07) is 0.0273. The Hall–Kier alpha value is -3.05. The number of carbonyl (C=O) groups is 2. The number of benzene rings is 1. The lowest BCUT2D eigenvalue weighted by Gasteiger charge is -2.40. The van der Waals surface area contributed by atoms with Gasteiger partial charge >= 0.3 is 12.3 Å². The highest BCUT2D eigenvalue weighted by Gasteiger charge is 2.41. The average molecular weight is 446 g/mol. The Morgan fingerprint density at radius 2 is 2.03 bits per heavy atom. The molecule has 1 fully saturated rings. The zero-order chi connectivity index (χ0) is 23.5. The summed E-state index contributed by atoms with van der Waals surface area (Å²) in [4.78, 5) is 37.5. The molecule has 1 aliphatic rings. The highest BCUT2D eigenvalue weighted by molar-refractivity contribution is 5.98. The van der Waals surface area contributed by atoms with E-state index in [1.807, 2.05) is 0 Å². The minimum atomic E-state index is -4.92. The second kappa shape index (κ2) is 9.40. The lowest BCUT2D eigenvalue weighted by atomic mass is 9.98. The summed E-state index contributed by atoms with van der Waals surface area (Å²) in [5.41, 5.74) is -3.09. The zero-order valence-electron chi connectivity index (χ0n) is 17.4. The Labute approximate surface area is 177 Å². The normalized spacial score (nSPS) is 16.9. The number of hydrogen-bond donors (Lipinski definition) is 2. The van der Waals surface area contributed by atoms with Crippen molar-refractivity contribution in [1.82, 2.24) is 9.80 Å². The van der Waals surface area contributed by atoms with Crippen LogP contribution in [0, 0.1) is 10.1 Å². The molecule has 0 aromatic heterocycles. The van der Waals surface area contributed by atoms with Crippen molar-refractivity contribution in [3.63, 3.8) is 0 Å². The van der Waals surface area contributed by atoms with Crippen molar-refractivity contribution >= 4 is 23.4 Å². The average Bonchev–Trinajstić information content (AvgIpc) is 2.67. The van der Waals surface area contributed by atoms with Crippen molar-refractivity contribution in [2.24, 2.45) is 0 Å². The number of nitrogens with one attached hydrogen (secondary N) is 1. The van der Waals surface area contributed by atoms with Gasteiger partial charge < -0.3 is 20.2 Å². The molecule has 2 N–H and O–H groups in total. The van der Waals surface area contributed by atoms with Gasteiger partial charge in [0.05, 0.1) is 22.1 Å². The topological polar surface area (TPSA) is 116 Å². The Kier molecular flexibility index (Phi) is 7.34. The lowest BCUT2D eigenvalue weighted by Crippen LogP contribution is -2.54. The second-order valence-corrected chi connectivity index (χ2v) is 7.53. The Morgan fingerprint density at radius 3 is 2.52 bits per heavy atom. The maximum atomic E-state index is 13.8. The van der Waals surface area contributed by atoms with Crippen LogP contribution in [-0.4, -0.2) is 63.5 Å². The summed E-state index contributed by atoms with van der Waals surface area (Å²) < 4.78 is 41.3. The molecule has 172 valence electrons. The van der Waals surface area contributed by atoms with E-state index in [0.29, 0.717) is 25.0 Å². The van der Waals surface area contributed by atoms with Crippen molar-refractivity contribution in [3.05, 3.63) is 33.4 Å². The van der Waals surface area contributed by atoms with Crippen LogP contribution in [0.25, 0.3) is 0 Å². The smallest absolute Gasteiger partial charge is 0.417 e. The maximum Gasteiger partial charge on any atom is 0.417 e. The third kappa shape index (κ3) is 5.36. The molecule has 1 heterocycles. The summed E-state index contributed by atoms with van der Waals surface area (Å²) >= 11 is 0. The fraction of sp³-hybridized carbons (Fsp3) is 0.579. The Bertz CT molecular complexity index is 860. The third-order valence-corrected chi connectivity index (χ3v) is 5.09. The summed E-state index contributed by atoms with van der Waals surface area (Å²) in [5, 5.41) is 23.2. The van der Waals surface area contributed by atoms with Crippen LogP contribution in [0.4, 0.5) is 29.3 Å². The van der Waals surface area contributed by atoms with Crippen molar-refractivity contribution in [1.29, 1.82) is 0 Å². The first-order valence-electron chi connectivity index (χ1n) is 9.82. The molecule has 31 heavy (non-hydrogen) atoms. The molecular formula is C19H25F3N4O5. The van der Waals surface area contributed by atoms with Crippen molar-refractivity contribution < 1.29 is 32.8 Å². The van der Waals surface area contributed by atoms with E-state index in [1.54, 1.807) is 20.8 Å². The molecule has 9 nitrogen and oxygen atoms in total. The van der Waals surface area contributed by atoms with Gasteiger partial charge in [-0.1, -0.05) is 0 Å². The summed E-state index contributed by atoms with van der Waals surface area (Å²) in [5.74, 6) is -1.02. The molecule has 2 amide bonds. The van der Waals surface area contributed by atoms with Gasteiger partial charge in [0.25, 0.3) is 11.6 Å². The van der Waals surface area contributed by atoms with Gasteiger partial charge in [0.1, 0.15) is 5.69 Å². The molecule has 12 heteroatoms. The van der Waals surface area contributed by atoms with E-state index in [-0.39, 0.29) is 25.3 Å². The zero-order valence-corrected chi connectivity index (χ0v) is 17.4. The fourth-order valence-electron chi connectivity index (χ4n) is 3.80. The molecule has 1 aliphatic heterocycles. The van der Waals surface area contributed by atoms with Crippen LogP contribution in [0.15, 0.2) is 12.1 Å². The molecule has 2 rings (SSSR count). The van der Waals surface area contributed by atoms with Gasteiger partial charge in [-0.3, -0.25) is 14.9 Å². The molecule has 1 aromatic rings. The molecule has 0 saturated carbocycles. The van der Waals surface area contributed by atoms with E-state index in [0.717, 1.165) is 4.90 Å². The second-order valence-electron chi connectivity index (χ2n) is 7.53. The summed E-state index contributed by atoms with van der Waals surface area (Å²) in [6.07, 6.45) is -5.25. The first-order chi connectivity index (χ1) is 14.4. The highest BCUT2D eigenvalue weighted by Crippen LogP contribution is 2.39. The van der Waals surface area contributed by atoms with Gasteiger partial charge in [-0.05, 0) is 39.7 Å². The number of nitro groups is 1. The maximum absolute atomic E-state index is 13.8. The third-order valence-electron chi connectivity index (χ3n) is 5.09. The largest absolute Gasteiger partial charge is 0.465 e. The van der Waals surface area contributed by atoms with Crippen LogP contribution in [0.1, 0.15) is 49.5 Å². The number of piperidine rings is 1.